The van der Waals surface area contributed by atoms with Crippen molar-refractivity contribution in [1.29, 1.82) is 0 Å². The van der Waals surface area contributed by atoms with Crippen LogP contribution in [0.15, 0.2) is 30.5 Å². The number of rotatable bonds is 3. The predicted molar refractivity (Wildman–Crippen MR) is 77.2 cm³/mol. The molecule has 20 heavy (non-hydrogen) atoms. The summed E-state index contributed by atoms with van der Waals surface area (Å²) in [5.41, 5.74) is 8.15. The van der Waals surface area contributed by atoms with Crippen LogP contribution in [0, 0.1) is 5.82 Å². The van der Waals surface area contributed by atoms with E-state index in [0.29, 0.717) is 28.6 Å². The first kappa shape index (κ1) is 12.9. The molecule has 1 fully saturated rings. The number of benzene rings is 1. The lowest BCUT2D eigenvalue weighted by Gasteiger charge is -2.27. The Labute approximate surface area is 117 Å². The van der Waals surface area contributed by atoms with Gasteiger partial charge in [-0.1, -0.05) is 12.5 Å². The molecule has 0 aliphatic heterocycles. The van der Waals surface area contributed by atoms with Gasteiger partial charge in [-0.2, -0.15) is 0 Å². The number of ether oxygens (including phenoxy) is 1. The summed E-state index contributed by atoms with van der Waals surface area (Å²) in [6.45, 7) is 0. The summed E-state index contributed by atoms with van der Waals surface area (Å²) in [5.74, 6) is 0.438. The number of aromatic nitrogens is 1. The molecule has 1 heterocycles. The normalized spacial score (nSPS) is 14.9. The number of anilines is 1. The van der Waals surface area contributed by atoms with Gasteiger partial charge in [0.25, 0.3) is 0 Å². The van der Waals surface area contributed by atoms with Crippen LogP contribution < -0.4 is 10.5 Å². The Kier molecular flexibility index (Phi) is 3.30. The lowest BCUT2D eigenvalue weighted by molar-refractivity contribution is 0.355. The maximum absolute atomic E-state index is 14.6. The molecular weight excluding hydrogens is 255 g/mol. The van der Waals surface area contributed by atoms with Gasteiger partial charge in [0, 0.05) is 11.1 Å². The number of methoxy groups -OCH3 is 1. The highest BCUT2D eigenvalue weighted by Gasteiger charge is 2.26. The summed E-state index contributed by atoms with van der Waals surface area (Å²) >= 11 is 0. The van der Waals surface area contributed by atoms with E-state index in [9.17, 15) is 4.39 Å². The van der Waals surface area contributed by atoms with Gasteiger partial charge < -0.3 is 10.5 Å². The van der Waals surface area contributed by atoms with Crippen molar-refractivity contribution in [1.82, 2.24) is 4.98 Å². The number of nitrogens with two attached hydrogens (primary N) is 1. The summed E-state index contributed by atoms with van der Waals surface area (Å²) in [6.07, 6.45) is 4.95. The van der Waals surface area contributed by atoms with Gasteiger partial charge in [0.15, 0.2) is 11.6 Å². The Bertz CT molecular complexity index is 621. The van der Waals surface area contributed by atoms with E-state index in [1.807, 2.05) is 6.07 Å². The Morgan fingerprint density at radius 2 is 2.05 bits per heavy atom. The molecular formula is C16H17FN2O. The summed E-state index contributed by atoms with van der Waals surface area (Å²) in [5, 5.41) is 0. The second-order valence-corrected chi connectivity index (χ2v) is 5.15. The zero-order valence-electron chi connectivity index (χ0n) is 11.4. The van der Waals surface area contributed by atoms with E-state index >= 15 is 0 Å². The molecule has 0 radical (unpaired) electrons. The largest absolute Gasteiger partial charge is 0.493 e. The van der Waals surface area contributed by atoms with Gasteiger partial charge >= 0.3 is 0 Å². The molecule has 0 atom stereocenters. The number of nitrogens with zero attached hydrogens (tertiary/aromatic N) is 1. The molecule has 0 unspecified atom stereocenters. The van der Waals surface area contributed by atoms with E-state index in [2.05, 4.69) is 4.98 Å². The van der Waals surface area contributed by atoms with Crippen molar-refractivity contribution in [3.63, 3.8) is 0 Å². The topological polar surface area (TPSA) is 48.1 Å². The smallest absolute Gasteiger partial charge is 0.174 e. The second kappa shape index (κ2) is 5.12. The SMILES string of the molecule is COc1c(C2CCC2)ccc(-c2ccc(N)cn2)c1F. The van der Waals surface area contributed by atoms with Crippen LogP contribution in [-0.4, -0.2) is 12.1 Å². The number of hydrogen-bond donors (Lipinski definition) is 1. The van der Waals surface area contributed by atoms with Crippen molar-refractivity contribution in [2.24, 2.45) is 0 Å². The molecule has 1 saturated carbocycles. The van der Waals surface area contributed by atoms with Crippen LogP contribution in [0.5, 0.6) is 5.75 Å². The molecule has 3 rings (SSSR count). The Balaban J connectivity index is 2.06. The van der Waals surface area contributed by atoms with Crippen molar-refractivity contribution in [2.45, 2.75) is 25.2 Å². The van der Waals surface area contributed by atoms with E-state index in [0.717, 1.165) is 18.4 Å². The molecule has 104 valence electrons. The molecule has 0 saturated heterocycles. The molecule has 0 bridgehead atoms. The van der Waals surface area contributed by atoms with Gasteiger partial charge in [-0.3, -0.25) is 4.98 Å². The zero-order valence-corrected chi connectivity index (χ0v) is 11.4. The minimum Gasteiger partial charge on any atom is -0.493 e. The summed E-state index contributed by atoms with van der Waals surface area (Å²) in [4.78, 5) is 4.17. The Morgan fingerprint density at radius 3 is 2.60 bits per heavy atom. The minimum absolute atomic E-state index is 0.339. The molecule has 4 heteroatoms. The third kappa shape index (κ3) is 2.11. The lowest BCUT2D eigenvalue weighted by atomic mass is 9.79. The molecule has 3 nitrogen and oxygen atoms in total. The third-order valence-corrected chi connectivity index (χ3v) is 3.94. The molecule has 1 aromatic carbocycles. The monoisotopic (exact) mass is 272 g/mol. The average molecular weight is 272 g/mol. The van der Waals surface area contributed by atoms with Crippen LogP contribution in [0.1, 0.15) is 30.7 Å². The summed E-state index contributed by atoms with van der Waals surface area (Å²) in [7, 11) is 1.51. The van der Waals surface area contributed by atoms with Gasteiger partial charge in [-0.15, -0.1) is 0 Å². The van der Waals surface area contributed by atoms with Crippen molar-refractivity contribution in [2.75, 3.05) is 12.8 Å². The van der Waals surface area contributed by atoms with Crippen LogP contribution in [0.2, 0.25) is 0 Å². The number of halogens is 1. The number of nitrogen functional groups attached to an aromatic ring is 1. The van der Waals surface area contributed by atoms with E-state index in [1.165, 1.54) is 19.7 Å². The second-order valence-electron chi connectivity index (χ2n) is 5.15. The first-order chi connectivity index (χ1) is 9.70. The molecule has 0 amide bonds. The van der Waals surface area contributed by atoms with E-state index in [4.69, 9.17) is 10.5 Å². The average Bonchev–Trinajstić information content (AvgIpc) is 2.39. The first-order valence-corrected chi connectivity index (χ1v) is 6.79. The van der Waals surface area contributed by atoms with Crippen molar-refractivity contribution >= 4 is 5.69 Å². The number of pyridine rings is 1. The summed E-state index contributed by atoms with van der Waals surface area (Å²) < 4.78 is 19.9. The van der Waals surface area contributed by atoms with Crippen molar-refractivity contribution in [3.05, 3.63) is 41.8 Å². The fraction of sp³-hybridized carbons (Fsp3) is 0.312. The molecule has 1 aliphatic rings. The molecule has 1 aliphatic carbocycles. The van der Waals surface area contributed by atoms with Crippen LogP contribution in [0.4, 0.5) is 10.1 Å². The Hall–Kier alpha value is -2.10. The van der Waals surface area contributed by atoms with Crippen molar-refractivity contribution < 1.29 is 9.13 Å². The fourth-order valence-corrected chi connectivity index (χ4v) is 2.58. The van der Waals surface area contributed by atoms with E-state index < -0.39 is 0 Å². The van der Waals surface area contributed by atoms with Gasteiger partial charge in [-0.25, -0.2) is 4.39 Å². The highest BCUT2D eigenvalue weighted by molar-refractivity contribution is 5.65. The number of hydrogen-bond acceptors (Lipinski definition) is 3. The molecule has 2 N–H and O–H groups in total. The van der Waals surface area contributed by atoms with Crippen LogP contribution in [0.3, 0.4) is 0 Å². The predicted octanol–water partition coefficient (Wildman–Crippen LogP) is 3.75. The van der Waals surface area contributed by atoms with Crippen LogP contribution in [-0.2, 0) is 0 Å². The highest BCUT2D eigenvalue weighted by Crippen LogP contribution is 2.43. The van der Waals surface area contributed by atoms with Gasteiger partial charge in [-0.05, 0) is 37.0 Å². The van der Waals surface area contributed by atoms with Gasteiger partial charge in [0.05, 0.1) is 24.7 Å². The fourth-order valence-electron chi connectivity index (χ4n) is 2.58. The molecule has 0 spiro atoms. The molecule has 2 aromatic rings. The Morgan fingerprint density at radius 1 is 1.25 bits per heavy atom. The van der Waals surface area contributed by atoms with Crippen molar-refractivity contribution in [3.8, 4) is 17.0 Å². The first-order valence-electron chi connectivity index (χ1n) is 6.79. The van der Waals surface area contributed by atoms with E-state index in [1.54, 1.807) is 18.2 Å². The maximum atomic E-state index is 14.6. The van der Waals surface area contributed by atoms with Crippen LogP contribution >= 0.6 is 0 Å². The van der Waals surface area contributed by atoms with Gasteiger partial charge in [0.2, 0.25) is 0 Å². The zero-order chi connectivity index (χ0) is 14.1. The van der Waals surface area contributed by atoms with E-state index in [-0.39, 0.29) is 5.82 Å². The quantitative estimate of drug-likeness (QED) is 0.925. The van der Waals surface area contributed by atoms with Crippen LogP contribution in [0.25, 0.3) is 11.3 Å². The standard InChI is InChI=1S/C16H17FN2O/c1-20-16-12(10-3-2-4-10)6-7-13(15(16)17)14-8-5-11(18)9-19-14/h5-10H,2-4,18H2,1H3. The minimum atomic E-state index is -0.339. The molecule has 1 aromatic heterocycles. The summed E-state index contributed by atoms with van der Waals surface area (Å²) in [6, 6.07) is 7.17. The maximum Gasteiger partial charge on any atom is 0.174 e. The third-order valence-electron chi connectivity index (χ3n) is 3.94. The highest BCUT2D eigenvalue weighted by atomic mass is 19.1. The lowest BCUT2D eigenvalue weighted by Crippen LogP contribution is -2.11. The van der Waals surface area contributed by atoms with Gasteiger partial charge in [0.1, 0.15) is 0 Å².